The van der Waals surface area contributed by atoms with E-state index in [-0.39, 0.29) is 11.5 Å². The summed E-state index contributed by atoms with van der Waals surface area (Å²) in [6.07, 6.45) is 0. The zero-order valence-corrected chi connectivity index (χ0v) is 10.9. The van der Waals surface area contributed by atoms with Gasteiger partial charge in [-0.3, -0.25) is 4.79 Å². The molecule has 3 heteroatoms. The van der Waals surface area contributed by atoms with Crippen molar-refractivity contribution in [1.29, 1.82) is 0 Å². The topological polar surface area (TPSA) is 57.5 Å². The van der Waals surface area contributed by atoms with Crippen molar-refractivity contribution < 1.29 is 15.0 Å². The van der Waals surface area contributed by atoms with Crippen LogP contribution in [0, 0.1) is 0 Å². The molecule has 98 valence electrons. The molecule has 0 fully saturated rings. The van der Waals surface area contributed by atoms with Crippen LogP contribution in [0.2, 0.25) is 0 Å². The second kappa shape index (κ2) is 4.86. The van der Waals surface area contributed by atoms with Crippen molar-refractivity contribution >= 4 is 5.78 Å². The van der Waals surface area contributed by atoms with Gasteiger partial charge in [-0.15, -0.1) is 0 Å². The lowest BCUT2D eigenvalue weighted by atomic mass is 9.95. The molecule has 0 heterocycles. The highest BCUT2D eigenvalue weighted by Crippen LogP contribution is 2.29. The first-order chi connectivity index (χ1) is 8.89. The minimum absolute atomic E-state index is 0.198. The summed E-state index contributed by atoms with van der Waals surface area (Å²) in [6, 6.07) is 13.8. The van der Waals surface area contributed by atoms with Crippen molar-refractivity contribution in [2.45, 2.75) is 19.4 Å². The van der Waals surface area contributed by atoms with Crippen LogP contribution in [-0.4, -0.2) is 21.6 Å². The van der Waals surface area contributed by atoms with Crippen molar-refractivity contribution in [3.63, 3.8) is 0 Å². The SMILES string of the molecule is CC(C)(O)C(=O)c1ccc(-c2ccccc2O)cc1. The Morgan fingerprint density at radius 2 is 1.58 bits per heavy atom. The Labute approximate surface area is 112 Å². The van der Waals surface area contributed by atoms with E-state index in [4.69, 9.17) is 0 Å². The molecule has 0 unspecified atom stereocenters. The van der Waals surface area contributed by atoms with Crippen molar-refractivity contribution in [2.75, 3.05) is 0 Å². The van der Waals surface area contributed by atoms with Gasteiger partial charge in [0.05, 0.1) is 0 Å². The van der Waals surface area contributed by atoms with Gasteiger partial charge in [-0.25, -0.2) is 0 Å². The molecule has 0 aliphatic heterocycles. The van der Waals surface area contributed by atoms with Crippen LogP contribution in [0.15, 0.2) is 48.5 Å². The lowest BCUT2D eigenvalue weighted by molar-refractivity contribution is 0.0488. The predicted molar refractivity (Wildman–Crippen MR) is 74.2 cm³/mol. The van der Waals surface area contributed by atoms with E-state index in [0.717, 1.165) is 5.56 Å². The van der Waals surface area contributed by atoms with Gasteiger partial charge < -0.3 is 10.2 Å². The molecule has 0 radical (unpaired) electrons. The molecule has 19 heavy (non-hydrogen) atoms. The van der Waals surface area contributed by atoms with Gasteiger partial charge in [-0.05, 0) is 25.5 Å². The van der Waals surface area contributed by atoms with Gasteiger partial charge in [0.1, 0.15) is 11.4 Å². The van der Waals surface area contributed by atoms with Gasteiger partial charge in [0.2, 0.25) is 0 Å². The number of Topliss-reactive ketones (excluding diaryl/α,β-unsaturated/α-hetero) is 1. The van der Waals surface area contributed by atoms with Crippen LogP contribution in [0.25, 0.3) is 11.1 Å². The summed E-state index contributed by atoms with van der Waals surface area (Å²) in [6.45, 7) is 2.93. The maximum Gasteiger partial charge on any atom is 0.193 e. The Balaban J connectivity index is 2.35. The van der Waals surface area contributed by atoms with Crippen LogP contribution in [0.5, 0.6) is 5.75 Å². The Kier molecular flexibility index (Phi) is 3.40. The molecule has 0 aliphatic carbocycles. The zero-order valence-electron chi connectivity index (χ0n) is 10.9. The minimum atomic E-state index is -1.38. The Bertz CT molecular complexity index is 592. The maximum atomic E-state index is 11.9. The first-order valence-electron chi connectivity index (χ1n) is 6.05. The first kappa shape index (κ1) is 13.3. The van der Waals surface area contributed by atoms with E-state index in [1.54, 1.807) is 36.4 Å². The molecule has 0 saturated heterocycles. The number of carbonyl (C=O) groups excluding carboxylic acids is 1. The third-order valence-electron chi connectivity index (χ3n) is 2.92. The molecule has 3 nitrogen and oxygen atoms in total. The van der Waals surface area contributed by atoms with Crippen molar-refractivity contribution in [2.24, 2.45) is 0 Å². The molecule has 2 rings (SSSR count). The molecular formula is C16H16O3. The number of hydrogen-bond donors (Lipinski definition) is 2. The highest BCUT2D eigenvalue weighted by molar-refractivity contribution is 6.02. The van der Waals surface area contributed by atoms with E-state index in [1.165, 1.54) is 13.8 Å². The lowest BCUT2D eigenvalue weighted by Crippen LogP contribution is -2.30. The van der Waals surface area contributed by atoms with Gasteiger partial charge >= 0.3 is 0 Å². The normalized spacial score (nSPS) is 11.3. The van der Waals surface area contributed by atoms with Crippen molar-refractivity contribution in [3.05, 3.63) is 54.1 Å². The Morgan fingerprint density at radius 1 is 1.00 bits per heavy atom. The smallest absolute Gasteiger partial charge is 0.193 e. The molecule has 0 aliphatic rings. The number of aliphatic hydroxyl groups is 1. The maximum absolute atomic E-state index is 11.9. The molecule has 2 aromatic rings. The average Bonchev–Trinajstić information content (AvgIpc) is 2.38. The Morgan fingerprint density at radius 3 is 2.11 bits per heavy atom. The summed E-state index contributed by atoms with van der Waals surface area (Å²) in [5.41, 5.74) is 0.609. The zero-order chi connectivity index (χ0) is 14.0. The van der Waals surface area contributed by atoms with Crippen LogP contribution >= 0.6 is 0 Å². The minimum Gasteiger partial charge on any atom is -0.507 e. The van der Waals surface area contributed by atoms with Gasteiger partial charge in [-0.1, -0.05) is 42.5 Å². The van der Waals surface area contributed by atoms with Crippen LogP contribution in [0.4, 0.5) is 0 Å². The predicted octanol–water partition coefficient (Wildman–Crippen LogP) is 3.01. The molecule has 0 amide bonds. The molecule has 2 N–H and O–H groups in total. The molecule has 0 saturated carbocycles. The summed E-state index contributed by atoms with van der Waals surface area (Å²) < 4.78 is 0. The second-order valence-electron chi connectivity index (χ2n) is 4.98. The number of benzene rings is 2. The van der Waals surface area contributed by atoms with Crippen molar-refractivity contribution in [3.8, 4) is 16.9 Å². The van der Waals surface area contributed by atoms with Crippen LogP contribution < -0.4 is 0 Å². The third-order valence-corrected chi connectivity index (χ3v) is 2.92. The second-order valence-corrected chi connectivity index (χ2v) is 4.98. The fourth-order valence-electron chi connectivity index (χ4n) is 1.87. The van der Waals surface area contributed by atoms with Crippen LogP contribution in [0.1, 0.15) is 24.2 Å². The monoisotopic (exact) mass is 256 g/mol. The van der Waals surface area contributed by atoms with Gasteiger partial charge in [0.25, 0.3) is 0 Å². The van der Waals surface area contributed by atoms with E-state index in [0.29, 0.717) is 11.1 Å². The fourth-order valence-corrected chi connectivity index (χ4v) is 1.87. The number of carbonyl (C=O) groups is 1. The first-order valence-corrected chi connectivity index (χ1v) is 6.05. The largest absolute Gasteiger partial charge is 0.507 e. The number of phenols is 1. The number of para-hydroxylation sites is 1. The summed E-state index contributed by atoms with van der Waals surface area (Å²) >= 11 is 0. The van der Waals surface area contributed by atoms with Gasteiger partial charge in [0.15, 0.2) is 5.78 Å². The number of ketones is 1. The average molecular weight is 256 g/mol. The van der Waals surface area contributed by atoms with Crippen LogP contribution in [0.3, 0.4) is 0 Å². The lowest BCUT2D eigenvalue weighted by Gasteiger charge is -2.15. The Hall–Kier alpha value is -2.13. The van der Waals surface area contributed by atoms with Gasteiger partial charge in [0, 0.05) is 11.1 Å². The quantitative estimate of drug-likeness (QED) is 0.830. The molecular weight excluding hydrogens is 240 g/mol. The summed E-state index contributed by atoms with van der Waals surface area (Å²) in [7, 11) is 0. The molecule has 0 bridgehead atoms. The number of aromatic hydroxyl groups is 1. The molecule has 0 spiro atoms. The number of phenolic OH excluding ortho intramolecular Hbond substituents is 1. The van der Waals surface area contributed by atoms with Gasteiger partial charge in [-0.2, -0.15) is 0 Å². The third kappa shape index (κ3) is 2.83. The van der Waals surface area contributed by atoms with Crippen molar-refractivity contribution in [1.82, 2.24) is 0 Å². The standard InChI is InChI=1S/C16H16O3/c1-16(2,19)15(18)12-9-7-11(8-10-12)13-5-3-4-6-14(13)17/h3-10,17,19H,1-2H3. The fraction of sp³-hybridized carbons (Fsp3) is 0.188. The summed E-state index contributed by atoms with van der Waals surface area (Å²) in [5.74, 6) is -0.125. The highest BCUT2D eigenvalue weighted by Gasteiger charge is 2.24. The van der Waals surface area contributed by atoms with E-state index < -0.39 is 5.60 Å². The summed E-state index contributed by atoms with van der Waals surface area (Å²) in [5, 5.41) is 19.4. The van der Waals surface area contributed by atoms with E-state index >= 15 is 0 Å². The number of hydrogen-bond acceptors (Lipinski definition) is 3. The number of rotatable bonds is 3. The molecule has 0 atom stereocenters. The van der Waals surface area contributed by atoms with E-state index in [2.05, 4.69) is 0 Å². The van der Waals surface area contributed by atoms with Crippen LogP contribution in [-0.2, 0) is 0 Å². The summed E-state index contributed by atoms with van der Waals surface area (Å²) in [4.78, 5) is 11.9. The van der Waals surface area contributed by atoms with E-state index in [1.807, 2.05) is 12.1 Å². The van der Waals surface area contributed by atoms with E-state index in [9.17, 15) is 15.0 Å². The highest BCUT2D eigenvalue weighted by atomic mass is 16.3. The molecule has 0 aromatic heterocycles. The molecule has 2 aromatic carbocycles.